The molecule has 3 heterocycles. The zero-order valence-electron chi connectivity index (χ0n) is 20.9. The Morgan fingerprint density at radius 3 is 2.70 bits per heavy atom. The molecule has 192 valence electrons. The topological polar surface area (TPSA) is 83.7 Å². The molecule has 1 fully saturated rings. The summed E-state index contributed by atoms with van der Waals surface area (Å²) in [6, 6.07) is 10.1. The number of ether oxygens (including phenoxy) is 1. The minimum absolute atomic E-state index is 0.114. The van der Waals surface area contributed by atoms with Gasteiger partial charge in [0.15, 0.2) is 0 Å². The molecular formula is C28H29F2N5O2. The summed E-state index contributed by atoms with van der Waals surface area (Å²) < 4.78 is 35.8. The Balaban J connectivity index is 1.59. The number of nitrogens with one attached hydrogen (secondary N) is 1. The number of anilines is 2. The number of nitrogens with two attached hydrogens (primary N) is 1. The molecule has 7 nitrogen and oxygen atoms in total. The van der Waals surface area contributed by atoms with Crippen molar-refractivity contribution in [2.75, 3.05) is 51.0 Å². The van der Waals surface area contributed by atoms with Crippen molar-refractivity contribution >= 4 is 17.4 Å². The fraction of sp³-hybridized carbons (Fsp3) is 0.286. The minimum atomic E-state index is -0.734. The average molecular weight is 506 g/mol. The van der Waals surface area contributed by atoms with Gasteiger partial charge in [-0.1, -0.05) is 12.6 Å². The number of hydrogen-bond acceptors (Lipinski definition) is 6. The van der Waals surface area contributed by atoms with Crippen LogP contribution in [0.4, 0.5) is 20.3 Å². The summed E-state index contributed by atoms with van der Waals surface area (Å²) in [4.78, 5) is 20.3. The molecule has 2 aromatic carbocycles. The normalized spacial score (nSPS) is 15.4. The molecule has 0 bridgehead atoms. The van der Waals surface area contributed by atoms with E-state index in [0.29, 0.717) is 49.5 Å². The summed E-state index contributed by atoms with van der Waals surface area (Å²) >= 11 is 0. The minimum Gasteiger partial charge on any atom is -0.495 e. The van der Waals surface area contributed by atoms with Crippen LogP contribution in [0.3, 0.4) is 0 Å². The van der Waals surface area contributed by atoms with E-state index in [2.05, 4.69) is 21.8 Å². The zero-order chi connectivity index (χ0) is 26.3. The molecule has 3 aromatic rings. The number of fused-ring (bicyclic) bond motifs is 1. The molecule has 0 atom stereocenters. The van der Waals surface area contributed by atoms with E-state index in [1.165, 1.54) is 12.1 Å². The maximum absolute atomic E-state index is 15.2. The van der Waals surface area contributed by atoms with E-state index in [1.54, 1.807) is 6.07 Å². The molecule has 1 aromatic heterocycles. The van der Waals surface area contributed by atoms with Crippen molar-refractivity contribution in [3.8, 4) is 22.3 Å². The number of rotatable bonds is 5. The Labute approximate surface area is 214 Å². The van der Waals surface area contributed by atoms with Gasteiger partial charge < -0.3 is 25.6 Å². The second-order valence-electron chi connectivity index (χ2n) is 9.64. The lowest BCUT2D eigenvalue weighted by atomic mass is 9.93. The summed E-state index contributed by atoms with van der Waals surface area (Å²) in [7, 11) is 3.94. The Hall–Kier alpha value is -3.98. The lowest BCUT2D eigenvalue weighted by molar-refractivity contribution is 0.0945. The molecule has 2 aliphatic heterocycles. The second-order valence-corrected chi connectivity index (χ2v) is 9.64. The highest BCUT2D eigenvalue weighted by molar-refractivity contribution is 5.97. The second kappa shape index (κ2) is 9.82. The predicted octanol–water partition coefficient (Wildman–Crippen LogP) is 3.97. The van der Waals surface area contributed by atoms with Crippen LogP contribution in [0, 0.1) is 11.8 Å². The molecule has 1 saturated heterocycles. The third kappa shape index (κ3) is 4.86. The Bertz CT molecular complexity index is 1410. The van der Waals surface area contributed by atoms with Crippen LogP contribution in [0.1, 0.15) is 21.5 Å². The third-order valence-corrected chi connectivity index (χ3v) is 6.67. The number of halogens is 2. The van der Waals surface area contributed by atoms with E-state index in [-0.39, 0.29) is 28.4 Å². The SMILES string of the molecule is C=C1CN(c2ccc(-c3cc(-c4cc5c(cc4F)C(=O)NCC5)c(N)nc3F)cc2CN(C)C)CCO1. The van der Waals surface area contributed by atoms with E-state index in [1.807, 2.05) is 37.2 Å². The summed E-state index contributed by atoms with van der Waals surface area (Å²) in [6.07, 6.45) is 0.569. The monoisotopic (exact) mass is 505 g/mol. The number of carbonyl (C=O) groups is 1. The number of aromatic nitrogens is 1. The van der Waals surface area contributed by atoms with Crippen molar-refractivity contribution in [3.05, 3.63) is 77.2 Å². The molecule has 0 aliphatic carbocycles. The summed E-state index contributed by atoms with van der Waals surface area (Å²) in [5.74, 6) is -1.07. The van der Waals surface area contributed by atoms with Gasteiger partial charge in [-0.3, -0.25) is 4.79 Å². The third-order valence-electron chi connectivity index (χ3n) is 6.67. The first-order valence-corrected chi connectivity index (χ1v) is 12.1. The van der Waals surface area contributed by atoms with Gasteiger partial charge in [-0.25, -0.2) is 9.37 Å². The van der Waals surface area contributed by atoms with Gasteiger partial charge >= 0.3 is 0 Å². The maximum atomic E-state index is 15.2. The van der Waals surface area contributed by atoms with Crippen LogP contribution in [0.25, 0.3) is 22.3 Å². The largest absolute Gasteiger partial charge is 0.495 e. The van der Waals surface area contributed by atoms with Gasteiger partial charge in [-0.15, -0.1) is 0 Å². The zero-order valence-corrected chi connectivity index (χ0v) is 20.9. The number of benzene rings is 2. The first-order valence-electron chi connectivity index (χ1n) is 12.1. The van der Waals surface area contributed by atoms with Crippen molar-refractivity contribution < 1.29 is 18.3 Å². The van der Waals surface area contributed by atoms with Crippen LogP contribution in [0.5, 0.6) is 0 Å². The number of amides is 1. The van der Waals surface area contributed by atoms with Crippen molar-refractivity contribution in [1.82, 2.24) is 15.2 Å². The highest BCUT2D eigenvalue weighted by Gasteiger charge is 2.23. The van der Waals surface area contributed by atoms with Gasteiger partial charge in [0.05, 0.1) is 13.1 Å². The highest BCUT2D eigenvalue weighted by Crippen LogP contribution is 2.36. The quantitative estimate of drug-likeness (QED) is 0.511. The molecule has 0 spiro atoms. The molecule has 3 N–H and O–H groups in total. The smallest absolute Gasteiger partial charge is 0.251 e. The number of nitrogens with zero attached hydrogens (tertiary/aromatic N) is 3. The lowest BCUT2D eigenvalue weighted by Crippen LogP contribution is -2.35. The Kier molecular flexibility index (Phi) is 6.55. The molecule has 5 rings (SSSR count). The molecule has 0 radical (unpaired) electrons. The fourth-order valence-corrected chi connectivity index (χ4v) is 4.94. The van der Waals surface area contributed by atoms with Crippen molar-refractivity contribution in [1.29, 1.82) is 0 Å². The van der Waals surface area contributed by atoms with Gasteiger partial charge in [-0.05, 0) is 67.5 Å². The van der Waals surface area contributed by atoms with Gasteiger partial charge in [0, 0.05) is 41.0 Å². The molecule has 0 unspecified atom stereocenters. The van der Waals surface area contributed by atoms with Crippen LogP contribution in [0.15, 0.2) is 48.7 Å². The summed E-state index contributed by atoms with van der Waals surface area (Å²) in [5.41, 5.74) is 10.4. The standard InChI is InChI=1S/C28H29F2N5O2/c1-16-14-35(8-9-37-16)25-5-4-17(10-19(25)15-34(2)3)20-12-23(27(31)33-26(20)30)22-11-18-6-7-32-28(36)21(18)13-24(22)29/h4-5,10-13H,1,6-9,14-15H2,2-3H3,(H2,31,33)(H,32,36). The van der Waals surface area contributed by atoms with Crippen LogP contribution in [0.2, 0.25) is 0 Å². The van der Waals surface area contributed by atoms with Crippen molar-refractivity contribution in [3.63, 3.8) is 0 Å². The van der Waals surface area contributed by atoms with Gasteiger partial charge in [-0.2, -0.15) is 4.39 Å². The van der Waals surface area contributed by atoms with Crippen LogP contribution >= 0.6 is 0 Å². The van der Waals surface area contributed by atoms with E-state index >= 15 is 8.78 Å². The fourth-order valence-electron chi connectivity index (χ4n) is 4.94. The number of pyridine rings is 1. The molecule has 37 heavy (non-hydrogen) atoms. The Morgan fingerprint density at radius 2 is 1.95 bits per heavy atom. The van der Waals surface area contributed by atoms with Gasteiger partial charge in [0.2, 0.25) is 5.95 Å². The molecule has 1 amide bonds. The number of nitrogen functional groups attached to an aromatic ring is 1. The molecule has 2 aliphatic rings. The summed E-state index contributed by atoms with van der Waals surface area (Å²) in [5, 5.41) is 2.71. The van der Waals surface area contributed by atoms with Crippen LogP contribution < -0.4 is 16.0 Å². The Morgan fingerprint density at radius 1 is 1.14 bits per heavy atom. The number of carbonyl (C=O) groups excluding carboxylic acids is 1. The number of hydrogen-bond donors (Lipinski definition) is 2. The van der Waals surface area contributed by atoms with Gasteiger partial charge in [0.1, 0.15) is 24.0 Å². The van der Waals surface area contributed by atoms with E-state index < -0.39 is 11.8 Å². The van der Waals surface area contributed by atoms with Crippen LogP contribution in [-0.2, 0) is 17.7 Å². The van der Waals surface area contributed by atoms with E-state index in [0.717, 1.165) is 23.4 Å². The van der Waals surface area contributed by atoms with E-state index in [4.69, 9.17) is 10.5 Å². The lowest BCUT2D eigenvalue weighted by Gasteiger charge is -2.32. The first-order chi connectivity index (χ1) is 17.7. The molecule has 9 heteroatoms. The summed E-state index contributed by atoms with van der Waals surface area (Å²) in [6.45, 7) is 6.90. The van der Waals surface area contributed by atoms with Gasteiger partial charge in [0.25, 0.3) is 5.91 Å². The highest BCUT2D eigenvalue weighted by atomic mass is 19.1. The molecule has 0 saturated carbocycles. The van der Waals surface area contributed by atoms with Crippen molar-refractivity contribution in [2.24, 2.45) is 0 Å². The average Bonchev–Trinajstić information content (AvgIpc) is 2.84. The number of morpholine rings is 1. The molecular weight excluding hydrogens is 476 g/mol. The van der Waals surface area contributed by atoms with Crippen molar-refractivity contribution in [2.45, 2.75) is 13.0 Å². The van der Waals surface area contributed by atoms with E-state index in [9.17, 15) is 4.79 Å². The van der Waals surface area contributed by atoms with Crippen LogP contribution in [-0.4, -0.2) is 56.1 Å². The maximum Gasteiger partial charge on any atom is 0.251 e. The predicted molar refractivity (Wildman–Crippen MR) is 140 cm³/mol. The first kappa shape index (κ1) is 24.7.